The highest BCUT2D eigenvalue weighted by Crippen LogP contribution is 2.16. The maximum Gasteiger partial charge on any atom is 0.508 e. The van der Waals surface area contributed by atoms with E-state index in [2.05, 4.69) is 4.76 Å². The van der Waals surface area contributed by atoms with Crippen LogP contribution in [-0.4, -0.2) is 35.3 Å². The normalized spacial score (nSPS) is 11.8. The number of esters is 2. The van der Waals surface area contributed by atoms with Gasteiger partial charge in [-0.3, -0.25) is 0 Å². The Kier molecular flexibility index (Phi) is 6.16. The molecule has 1 aromatic rings. The number of carbonyl (C=O) groups is 2. The van der Waals surface area contributed by atoms with E-state index in [0.717, 1.165) is 0 Å². The molecule has 24 heavy (non-hydrogen) atoms. The van der Waals surface area contributed by atoms with E-state index < -0.39 is 30.3 Å². The SMILES string of the molecule is CC(C)(C)OC(=O)c1cc(B(O)ON)cc(C(=O)OC(C)(C)C)c1. The van der Waals surface area contributed by atoms with Crippen molar-refractivity contribution >= 4 is 24.5 Å². The van der Waals surface area contributed by atoms with Crippen LogP contribution in [-0.2, 0) is 14.2 Å². The van der Waals surface area contributed by atoms with Gasteiger partial charge in [0.05, 0.1) is 11.1 Å². The predicted molar refractivity (Wildman–Crippen MR) is 89.7 cm³/mol. The quantitative estimate of drug-likeness (QED) is 0.482. The molecule has 7 nitrogen and oxygen atoms in total. The molecule has 1 aromatic carbocycles. The van der Waals surface area contributed by atoms with Gasteiger partial charge in [0, 0.05) is 0 Å². The van der Waals surface area contributed by atoms with Crippen molar-refractivity contribution in [3.8, 4) is 0 Å². The van der Waals surface area contributed by atoms with E-state index in [9.17, 15) is 14.6 Å². The maximum absolute atomic E-state index is 12.3. The summed E-state index contributed by atoms with van der Waals surface area (Å²) in [4.78, 5) is 24.5. The first-order valence-corrected chi connectivity index (χ1v) is 7.48. The van der Waals surface area contributed by atoms with E-state index in [0.29, 0.717) is 0 Å². The third-order valence-corrected chi connectivity index (χ3v) is 2.64. The number of benzene rings is 1. The number of hydrogen-bond donors (Lipinski definition) is 2. The first-order valence-electron chi connectivity index (χ1n) is 7.48. The fourth-order valence-electron chi connectivity index (χ4n) is 1.78. The molecule has 0 amide bonds. The first kappa shape index (κ1) is 20.2. The molecule has 0 unspecified atom stereocenters. The summed E-state index contributed by atoms with van der Waals surface area (Å²) in [7, 11) is -1.49. The monoisotopic (exact) mass is 337 g/mol. The van der Waals surface area contributed by atoms with E-state index in [1.54, 1.807) is 41.5 Å². The third kappa shape index (κ3) is 6.31. The predicted octanol–water partition coefficient (Wildman–Crippen LogP) is 1.17. The summed E-state index contributed by atoms with van der Waals surface area (Å²) in [5.41, 5.74) is -1.11. The maximum atomic E-state index is 12.3. The van der Waals surface area contributed by atoms with Gasteiger partial charge in [-0.1, -0.05) is 0 Å². The zero-order chi connectivity index (χ0) is 18.7. The van der Waals surface area contributed by atoms with Crippen LogP contribution in [0.25, 0.3) is 0 Å². The molecule has 0 radical (unpaired) electrons. The van der Waals surface area contributed by atoms with Crippen LogP contribution in [0.4, 0.5) is 0 Å². The molecule has 0 atom stereocenters. The van der Waals surface area contributed by atoms with E-state index in [-0.39, 0.29) is 16.6 Å². The smallest absolute Gasteiger partial charge is 0.456 e. The van der Waals surface area contributed by atoms with Gasteiger partial charge < -0.3 is 19.3 Å². The largest absolute Gasteiger partial charge is 0.508 e. The van der Waals surface area contributed by atoms with E-state index in [4.69, 9.17) is 15.4 Å². The van der Waals surface area contributed by atoms with Crippen LogP contribution in [0, 0.1) is 0 Å². The Morgan fingerprint density at radius 3 is 1.58 bits per heavy atom. The van der Waals surface area contributed by atoms with Crippen LogP contribution in [0.2, 0.25) is 0 Å². The molecular formula is C16H24BNO6. The standard InChI is InChI=1S/C16H24BNO6/c1-15(2,3)22-13(19)10-7-11(14(20)23-16(4,5)6)9-12(8-10)17(21)24-18/h7-9,21H,18H2,1-6H3. The van der Waals surface area contributed by atoms with Crippen molar-refractivity contribution in [2.24, 2.45) is 5.90 Å². The Hall–Kier alpha value is -1.90. The summed E-state index contributed by atoms with van der Waals surface area (Å²) >= 11 is 0. The number of nitrogens with two attached hydrogens (primary N) is 1. The summed E-state index contributed by atoms with van der Waals surface area (Å²) in [6.07, 6.45) is 0. The average molecular weight is 337 g/mol. The van der Waals surface area contributed by atoms with Crippen molar-refractivity contribution in [3.63, 3.8) is 0 Å². The average Bonchev–Trinajstić information content (AvgIpc) is 2.42. The molecule has 0 fully saturated rings. The molecule has 132 valence electrons. The zero-order valence-electron chi connectivity index (χ0n) is 14.9. The minimum absolute atomic E-state index is 0.0828. The van der Waals surface area contributed by atoms with Gasteiger partial charge in [0.1, 0.15) is 11.2 Å². The van der Waals surface area contributed by atoms with Gasteiger partial charge in [0.25, 0.3) is 0 Å². The van der Waals surface area contributed by atoms with Gasteiger partial charge in [-0.25, -0.2) is 15.5 Å². The highest BCUT2D eigenvalue weighted by atomic mass is 16.6. The molecule has 0 aliphatic carbocycles. The highest BCUT2D eigenvalue weighted by molar-refractivity contribution is 6.60. The lowest BCUT2D eigenvalue weighted by Gasteiger charge is -2.21. The van der Waals surface area contributed by atoms with E-state index in [1.165, 1.54) is 18.2 Å². The molecule has 0 aromatic heterocycles. The summed E-state index contributed by atoms with van der Waals surface area (Å²) in [6.45, 7) is 10.3. The van der Waals surface area contributed by atoms with Crippen LogP contribution in [0.5, 0.6) is 0 Å². The second kappa shape index (κ2) is 7.33. The third-order valence-electron chi connectivity index (χ3n) is 2.64. The first-order chi connectivity index (χ1) is 10.8. The van der Waals surface area contributed by atoms with Crippen LogP contribution in [0.3, 0.4) is 0 Å². The number of ether oxygens (including phenoxy) is 2. The van der Waals surface area contributed by atoms with Crippen molar-refractivity contribution in [1.29, 1.82) is 0 Å². The summed E-state index contributed by atoms with van der Waals surface area (Å²) in [6, 6.07) is 4.04. The van der Waals surface area contributed by atoms with E-state index >= 15 is 0 Å². The lowest BCUT2D eigenvalue weighted by molar-refractivity contribution is 0.00676. The number of hydrogen-bond acceptors (Lipinski definition) is 7. The van der Waals surface area contributed by atoms with Gasteiger partial charge in [0.2, 0.25) is 0 Å². The highest BCUT2D eigenvalue weighted by Gasteiger charge is 2.25. The minimum Gasteiger partial charge on any atom is -0.456 e. The van der Waals surface area contributed by atoms with Crippen molar-refractivity contribution in [2.75, 3.05) is 0 Å². The lowest BCUT2D eigenvalue weighted by atomic mass is 9.78. The summed E-state index contributed by atoms with van der Waals surface area (Å²) in [5.74, 6) is 3.70. The van der Waals surface area contributed by atoms with Crippen molar-refractivity contribution < 1.29 is 28.8 Å². The Morgan fingerprint density at radius 1 is 0.917 bits per heavy atom. The van der Waals surface area contributed by atoms with Crippen molar-refractivity contribution in [3.05, 3.63) is 29.3 Å². The van der Waals surface area contributed by atoms with Crippen LogP contribution < -0.4 is 11.4 Å². The number of rotatable bonds is 4. The Bertz CT molecular complexity index is 572. The molecule has 1 rings (SSSR count). The molecule has 0 spiro atoms. The van der Waals surface area contributed by atoms with Crippen LogP contribution >= 0.6 is 0 Å². The molecule has 0 heterocycles. The Morgan fingerprint density at radius 2 is 1.29 bits per heavy atom. The van der Waals surface area contributed by atoms with Gasteiger partial charge in [-0.05, 0) is 65.2 Å². The number of carbonyl (C=O) groups excluding carboxylic acids is 2. The topological polar surface area (TPSA) is 108 Å². The zero-order valence-corrected chi connectivity index (χ0v) is 14.9. The molecule has 3 N–H and O–H groups in total. The Labute approximate surface area is 142 Å². The second-order valence-electron chi connectivity index (χ2n) is 7.34. The fraction of sp³-hybridized carbons (Fsp3) is 0.500. The lowest BCUT2D eigenvalue weighted by Crippen LogP contribution is -2.37. The molecular weight excluding hydrogens is 313 g/mol. The van der Waals surface area contributed by atoms with Gasteiger partial charge in [0.15, 0.2) is 0 Å². The Balaban J connectivity index is 3.27. The van der Waals surface area contributed by atoms with Gasteiger partial charge in [-0.2, -0.15) is 0 Å². The van der Waals surface area contributed by atoms with Crippen molar-refractivity contribution in [2.45, 2.75) is 52.7 Å². The molecule has 0 aliphatic heterocycles. The molecule has 0 bridgehead atoms. The van der Waals surface area contributed by atoms with Gasteiger partial charge >= 0.3 is 19.1 Å². The fourth-order valence-corrected chi connectivity index (χ4v) is 1.78. The molecule has 8 heteroatoms. The minimum atomic E-state index is -1.49. The van der Waals surface area contributed by atoms with Crippen LogP contribution in [0.15, 0.2) is 18.2 Å². The molecule has 0 saturated heterocycles. The summed E-state index contributed by atoms with van der Waals surface area (Å²) < 4.78 is 14.9. The summed E-state index contributed by atoms with van der Waals surface area (Å²) in [5, 5.41) is 9.76. The van der Waals surface area contributed by atoms with E-state index in [1.807, 2.05) is 0 Å². The van der Waals surface area contributed by atoms with Crippen molar-refractivity contribution in [1.82, 2.24) is 0 Å². The molecule has 0 saturated carbocycles. The van der Waals surface area contributed by atoms with Gasteiger partial charge in [-0.15, -0.1) is 0 Å². The second-order valence-corrected chi connectivity index (χ2v) is 7.34. The van der Waals surface area contributed by atoms with Crippen LogP contribution in [0.1, 0.15) is 62.3 Å². The molecule has 0 aliphatic rings.